The van der Waals surface area contributed by atoms with Gasteiger partial charge in [-0.15, -0.1) is 17.9 Å². The molecule has 2 rings (SSSR count). The highest BCUT2D eigenvalue weighted by molar-refractivity contribution is 8.01. The van der Waals surface area contributed by atoms with Gasteiger partial charge in [-0.2, -0.15) is 0 Å². The Morgan fingerprint density at radius 3 is 3.07 bits per heavy atom. The van der Waals surface area contributed by atoms with E-state index in [1.165, 1.54) is 4.70 Å². The van der Waals surface area contributed by atoms with Gasteiger partial charge in [0.2, 0.25) is 0 Å². The van der Waals surface area contributed by atoms with E-state index in [-0.39, 0.29) is 0 Å². The van der Waals surface area contributed by atoms with Crippen molar-refractivity contribution in [2.24, 2.45) is 0 Å². The Bertz CT molecular complexity index is 401. The summed E-state index contributed by atoms with van der Waals surface area (Å²) in [5, 5.41) is 0. The maximum Gasteiger partial charge on any atom is 0.151 e. The standard InChI is InChI=1S/C11H11NS2/c1-2-3-8-13-11-12-9-6-4-5-7-10(9)14-11/h2,4-7H,1,3,8H2. The molecule has 0 saturated heterocycles. The fourth-order valence-electron chi connectivity index (χ4n) is 1.14. The molecule has 0 fully saturated rings. The van der Waals surface area contributed by atoms with Gasteiger partial charge in [-0.05, 0) is 18.6 Å². The molecule has 3 heteroatoms. The average Bonchev–Trinajstić information content (AvgIpc) is 2.60. The molecule has 72 valence electrons. The number of benzene rings is 1. The molecule has 0 unspecified atom stereocenters. The van der Waals surface area contributed by atoms with Crippen LogP contribution in [0.1, 0.15) is 6.42 Å². The number of thioether (sulfide) groups is 1. The predicted octanol–water partition coefficient (Wildman–Crippen LogP) is 3.96. The molecule has 1 aromatic carbocycles. The van der Waals surface area contributed by atoms with Crippen LogP contribution in [0.4, 0.5) is 0 Å². The largest absolute Gasteiger partial charge is 0.230 e. The molecular formula is C11H11NS2. The zero-order valence-electron chi connectivity index (χ0n) is 7.77. The summed E-state index contributed by atoms with van der Waals surface area (Å²) in [4.78, 5) is 4.53. The van der Waals surface area contributed by atoms with Crippen LogP contribution >= 0.6 is 23.1 Å². The van der Waals surface area contributed by atoms with Gasteiger partial charge in [-0.1, -0.05) is 30.0 Å². The highest BCUT2D eigenvalue weighted by Gasteiger charge is 2.01. The summed E-state index contributed by atoms with van der Waals surface area (Å²) in [7, 11) is 0. The molecule has 0 N–H and O–H groups in total. The van der Waals surface area contributed by atoms with Crippen molar-refractivity contribution in [1.82, 2.24) is 4.98 Å². The van der Waals surface area contributed by atoms with Crippen LogP contribution in [0.15, 0.2) is 41.3 Å². The van der Waals surface area contributed by atoms with Crippen LogP contribution in [0, 0.1) is 0 Å². The Morgan fingerprint density at radius 2 is 2.29 bits per heavy atom. The molecule has 0 spiro atoms. The molecule has 0 aliphatic carbocycles. The van der Waals surface area contributed by atoms with Crippen molar-refractivity contribution >= 4 is 33.3 Å². The number of aromatic nitrogens is 1. The van der Waals surface area contributed by atoms with E-state index in [2.05, 4.69) is 29.8 Å². The first-order valence-electron chi connectivity index (χ1n) is 4.49. The first-order valence-corrected chi connectivity index (χ1v) is 6.29. The van der Waals surface area contributed by atoms with Gasteiger partial charge >= 0.3 is 0 Å². The number of para-hydroxylation sites is 1. The number of nitrogens with zero attached hydrogens (tertiary/aromatic N) is 1. The summed E-state index contributed by atoms with van der Waals surface area (Å²) < 4.78 is 2.43. The van der Waals surface area contributed by atoms with Crippen LogP contribution in [0.25, 0.3) is 10.2 Å². The van der Waals surface area contributed by atoms with Gasteiger partial charge < -0.3 is 0 Å². The van der Waals surface area contributed by atoms with Crippen LogP contribution in [0.5, 0.6) is 0 Å². The van der Waals surface area contributed by atoms with E-state index in [0.717, 1.165) is 22.0 Å². The van der Waals surface area contributed by atoms with Gasteiger partial charge in [0.25, 0.3) is 0 Å². The lowest BCUT2D eigenvalue weighted by atomic mass is 10.3. The molecule has 0 atom stereocenters. The Balaban J connectivity index is 2.14. The highest BCUT2D eigenvalue weighted by atomic mass is 32.2. The second-order valence-electron chi connectivity index (χ2n) is 2.87. The normalized spacial score (nSPS) is 10.6. The minimum Gasteiger partial charge on any atom is -0.230 e. The van der Waals surface area contributed by atoms with Gasteiger partial charge in [0.15, 0.2) is 4.34 Å². The van der Waals surface area contributed by atoms with Crippen molar-refractivity contribution in [3.63, 3.8) is 0 Å². The molecule has 1 aromatic heterocycles. The SMILES string of the molecule is C=CCCSc1nc2ccccc2s1. The smallest absolute Gasteiger partial charge is 0.151 e. The minimum atomic E-state index is 1.04. The Hall–Kier alpha value is -0.800. The Labute approximate surface area is 91.9 Å². The maximum atomic E-state index is 4.53. The number of rotatable bonds is 4. The monoisotopic (exact) mass is 221 g/mol. The van der Waals surface area contributed by atoms with Gasteiger partial charge in [0.05, 0.1) is 10.2 Å². The van der Waals surface area contributed by atoms with Crippen LogP contribution in [0.3, 0.4) is 0 Å². The number of fused-ring (bicyclic) bond motifs is 1. The molecule has 1 nitrogen and oxygen atoms in total. The fraction of sp³-hybridized carbons (Fsp3) is 0.182. The second kappa shape index (κ2) is 4.62. The van der Waals surface area contributed by atoms with E-state index in [0.29, 0.717) is 0 Å². The molecule has 0 radical (unpaired) electrons. The lowest BCUT2D eigenvalue weighted by molar-refractivity contribution is 1.23. The van der Waals surface area contributed by atoms with Crippen molar-refractivity contribution < 1.29 is 0 Å². The van der Waals surface area contributed by atoms with Gasteiger partial charge in [-0.3, -0.25) is 0 Å². The lowest BCUT2D eigenvalue weighted by Gasteiger charge is -1.90. The van der Waals surface area contributed by atoms with E-state index in [9.17, 15) is 0 Å². The van der Waals surface area contributed by atoms with Crippen LogP contribution in [-0.2, 0) is 0 Å². The van der Waals surface area contributed by atoms with Crippen LogP contribution < -0.4 is 0 Å². The van der Waals surface area contributed by atoms with Gasteiger partial charge in [-0.25, -0.2) is 4.98 Å². The lowest BCUT2D eigenvalue weighted by Crippen LogP contribution is -1.74. The maximum absolute atomic E-state index is 4.53. The summed E-state index contributed by atoms with van der Waals surface area (Å²) in [5.74, 6) is 1.07. The van der Waals surface area contributed by atoms with Crippen molar-refractivity contribution in [2.45, 2.75) is 10.8 Å². The molecule has 0 saturated carbocycles. The number of hydrogen-bond donors (Lipinski definition) is 0. The zero-order valence-corrected chi connectivity index (χ0v) is 9.40. The van der Waals surface area contributed by atoms with Crippen LogP contribution in [0.2, 0.25) is 0 Å². The fourth-order valence-corrected chi connectivity index (χ4v) is 3.22. The number of thiazole rings is 1. The summed E-state index contributed by atoms with van der Waals surface area (Å²) >= 11 is 3.57. The third kappa shape index (κ3) is 2.16. The van der Waals surface area contributed by atoms with Crippen molar-refractivity contribution in [1.29, 1.82) is 0 Å². The van der Waals surface area contributed by atoms with E-state index in [1.807, 2.05) is 12.1 Å². The molecule has 0 aliphatic heterocycles. The van der Waals surface area contributed by atoms with Crippen LogP contribution in [-0.4, -0.2) is 10.7 Å². The highest BCUT2D eigenvalue weighted by Crippen LogP contribution is 2.29. The molecule has 14 heavy (non-hydrogen) atoms. The molecule has 0 bridgehead atoms. The van der Waals surface area contributed by atoms with Crippen molar-refractivity contribution in [3.8, 4) is 0 Å². The van der Waals surface area contributed by atoms with E-state index in [1.54, 1.807) is 23.1 Å². The topological polar surface area (TPSA) is 12.9 Å². The Morgan fingerprint density at radius 1 is 1.43 bits per heavy atom. The third-order valence-electron chi connectivity index (χ3n) is 1.82. The Kier molecular flexibility index (Phi) is 3.22. The number of allylic oxidation sites excluding steroid dienone is 1. The molecule has 2 aromatic rings. The van der Waals surface area contributed by atoms with Crippen molar-refractivity contribution in [2.75, 3.05) is 5.75 Å². The first-order chi connectivity index (χ1) is 6.90. The van der Waals surface area contributed by atoms with Crippen molar-refractivity contribution in [3.05, 3.63) is 36.9 Å². The minimum absolute atomic E-state index is 1.04. The number of hydrogen-bond acceptors (Lipinski definition) is 3. The summed E-state index contributed by atoms with van der Waals surface area (Å²) in [6, 6.07) is 8.26. The first kappa shape index (κ1) is 9.74. The summed E-state index contributed by atoms with van der Waals surface area (Å²) in [6.07, 6.45) is 2.99. The predicted molar refractivity (Wildman–Crippen MR) is 65.2 cm³/mol. The zero-order chi connectivity index (χ0) is 9.80. The van der Waals surface area contributed by atoms with Gasteiger partial charge in [0.1, 0.15) is 0 Å². The van der Waals surface area contributed by atoms with E-state index in [4.69, 9.17) is 0 Å². The quantitative estimate of drug-likeness (QED) is 0.440. The molecule has 0 aliphatic rings. The molecular weight excluding hydrogens is 210 g/mol. The van der Waals surface area contributed by atoms with E-state index < -0.39 is 0 Å². The van der Waals surface area contributed by atoms with Gasteiger partial charge in [0, 0.05) is 5.75 Å². The summed E-state index contributed by atoms with van der Waals surface area (Å²) in [6.45, 7) is 3.70. The van der Waals surface area contributed by atoms with E-state index >= 15 is 0 Å². The third-order valence-corrected chi connectivity index (χ3v) is 4.03. The summed E-state index contributed by atoms with van der Waals surface area (Å²) in [5.41, 5.74) is 1.11. The average molecular weight is 221 g/mol. The molecule has 0 amide bonds. The second-order valence-corrected chi connectivity index (χ2v) is 5.25. The molecule has 1 heterocycles.